The molecule has 0 saturated heterocycles. The van der Waals surface area contributed by atoms with Crippen LogP contribution in [0.3, 0.4) is 0 Å². The summed E-state index contributed by atoms with van der Waals surface area (Å²) >= 11 is 8.18. The van der Waals surface area contributed by atoms with Crippen LogP contribution in [-0.2, 0) is 0 Å². The molecular weight excluding hydrogens is 405 g/mol. The lowest BCUT2D eigenvalue weighted by Gasteiger charge is -2.01. The summed E-state index contributed by atoms with van der Waals surface area (Å²) in [5, 5.41) is 0.733. The van der Waals surface area contributed by atoms with Crippen LogP contribution in [0.5, 0.6) is 0 Å². The molecule has 0 bridgehead atoms. The van der Waals surface area contributed by atoms with E-state index in [-0.39, 0.29) is 0 Å². The molecule has 22 heavy (non-hydrogen) atoms. The number of nitrogens with zero attached hydrogens (tertiary/aromatic N) is 1. The van der Waals surface area contributed by atoms with E-state index in [4.69, 9.17) is 11.6 Å². The van der Waals surface area contributed by atoms with Crippen molar-refractivity contribution in [3.8, 4) is 23.0 Å². The minimum atomic E-state index is 0.733. The van der Waals surface area contributed by atoms with E-state index in [1.54, 1.807) is 0 Å². The first-order valence-corrected chi connectivity index (χ1v) is 8.16. The van der Waals surface area contributed by atoms with Gasteiger partial charge in [-0.15, -0.1) is 0 Å². The highest BCUT2D eigenvalue weighted by Crippen LogP contribution is 2.20. The number of pyridine rings is 1. The van der Waals surface area contributed by atoms with E-state index in [1.165, 1.54) is 3.57 Å². The Morgan fingerprint density at radius 1 is 0.773 bits per heavy atom. The molecular formula is C19H11ClIN. The molecule has 0 unspecified atom stereocenters. The van der Waals surface area contributed by atoms with E-state index in [0.29, 0.717) is 0 Å². The Bertz CT molecular complexity index is 826. The third-order valence-electron chi connectivity index (χ3n) is 3.12. The van der Waals surface area contributed by atoms with Gasteiger partial charge in [-0.1, -0.05) is 35.7 Å². The highest BCUT2D eigenvalue weighted by molar-refractivity contribution is 14.1. The van der Waals surface area contributed by atoms with Gasteiger partial charge in [0, 0.05) is 25.9 Å². The Balaban J connectivity index is 1.80. The first kappa shape index (κ1) is 15.1. The standard InChI is InChI=1S/C19H11ClIN/c20-17-7-4-15(5-8-17)16-6-12-19(22-13-16)11-3-14-1-9-18(21)10-2-14/h1-2,4-10,12-13H. The summed E-state index contributed by atoms with van der Waals surface area (Å²) in [6.45, 7) is 0. The van der Waals surface area contributed by atoms with Crippen molar-refractivity contribution >= 4 is 34.2 Å². The highest BCUT2D eigenvalue weighted by atomic mass is 127. The van der Waals surface area contributed by atoms with Crippen LogP contribution < -0.4 is 0 Å². The second-order valence-electron chi connectivity index (χ2n) is 4.70. The smallest absolute Gasteiger partial charge is 0.113 e. The largest absolute Gasteiger partial charge is 0.247 e. The van der Waals surface area contributed by atoms with Gasteiger partial charge in [0.05, 0.1) is 0 Å². The molecule has 0 aliphatic heterocycles. The number of aromatic nitrogens is 1. The number of benzene rings is 2. The molecule has 2 aromatic carbocycles. The molecule has 3 rings (SSSR count). The predicted molar refractivity (Wildman–Crippen MR) is 99.8 cm³/mol. The third-order valence-corrected chi connectivity index (χ3v) is 4.09. The van der Waals surface area contributed by atoms with Gasteiger partial charge in [0.2, 0.25) is 0 Å². The summed E-state index contributed by atoms with van der Waals surface area (Å²) in [5.41, 5.74) is 3.89. The maximum Gasteiger partial charge on any atom is 0.113 e. The van der Waals surface area contributed by atoms with Crippen molar-refractivity contribution in [2.24, 2.45) is 0 Å². The number of halogens is 2. The second-order valence-corrected chi connectivity index (χ2v) is 6.38. The zero-order chi connectivity index (χ0) is 15.4. The van der Waals surface area contributed by atoms with Gasteiger partial charge in [0.25, 0.3) is 0 Å². The Hall–Kier alpha value is -1.83. The third kappa shape index (κ3) is 3.88. The van der Waals surface area contributed by atoms with Gasteiger partial charge >= 0.3 is 0 Å². The van der Waals surface area contributed by atoms with Crippen molar-refractivity contribution in [3.63, 3.8) is 0 Å². The summed E-state index contributed by atoms with van der Waals surface area (Å²) in [6.07, 6.45) is 1.83. The molecule has 1 heterocycles. The van der Waals surface area contributed by atoms with Crippen molar-refractivity contribution in [1.29, 1.82) is 0 Å². The van der Waals surface area contributed by atoms with Crippen LogP contribution in [0.15, 0.2) is 66.9 Å². The summed E-state index contributed by atoms with van der Waals surface area (Å²) in [7, 11) is 0. The van der Waals surface area contributed by atoms with E-state index >= 15 is 0 Å². The molecule has 1 aromatic heterocycles. The van der Waals surface area contributed by atoms with Crippen molar-refractivity contribution in [2.75, 3.05) is 0 Å². The molecule has 3 heteroatoms. The van der Waals surface area contributed by atoms with Crippen LogP contribution in [0, 0.1) is 15.4 Å². The fourth-order valence-corrected chi connectivity index (χ4v) is 2.44. The molecule has 0 aliphatic rings. The molecule has 0 fully saturated rings. The topological polar surface area (TPSA) is 12.9 Å². The zero-order valence-corrected chi connectivity index (χ0v) is 14.5. The van der Waals surface area contributed by atoms with Gasteiger partial charge in [-0.05, 0) is 76.5 Å². The molecule has 0 spiro atoms. The number of hydrogen-bond donors (Lipinski definition) is 0. The Morgan fingerprint density at radius 2 is 1.45 bits per heavy atom. The van der Waals surface area contributed by atoms with Crippen LogP contribution in [0.2, 0.25) is 5.02 Å². The number of hydrogen-bond acceptors (Lipinski definition) is 1. The van der Waals surface area contributed by atoms with Crippen LogP contribution in [0.1, 0.15) is 11.3 Å². The van der Waals surface area contributed by atoms with Crippen molar-refractivity contribution in [3.05, 3.63) is 86.7 Å². The Morgan fingerprint density at radius 3 is 2.09 bits per heavy atom. The van der Waals surface area contributed by atoms with Gasteiger partial charge in [0.15, 0.2) is 0 Å². The van der Waals surface area contributed by atoms with E-state index in [9.17, 15) is 0 Å². The highest BCUT2D eigenvalue weighted by Gasteiger charge is 1.98. The molecule has 0 amide bonds. The summed E-state index contributed by atoms with van der Waals surface area (Å²) < 4.78 is 1.20. The molecule has 0 atom stereocenters. The lowest BCUT2D eigenvalue weighted by molar-refractivity contribution is 1.29. The van der Waals surface area contributed by atoms with Crippen molar-refractivity contribution in [1.82, 2.24) is 4.98 Å². The quantitative estimate of drug-likeness (QED) is 0.383. The molecule has 0 N–H and O–H groups in total. The number of rotatable bonds is 1. The van der Waals surface area contributed by atoms with E-state index in [2.05, 4.69) is 39.4 Å². The zero-order valence-electron chi connectivity index (χ0n) is 11.6. The Kier molecular flexibility index (Phi) is 4.77. The lowest BCUT2D eigenvalue weighted by atomic mass is 10.1. The SMILES string of the molecule is Clc1ccc(-c2ccc(C#Cc3ccc(I)cc3)nc2)cc1. The maximum atomic E-state index is 5.90. The average molecular weight is 416 g/mol. The molecule has 1 nitrogen and oxygen atoms in total. The lowest BCUT2D eigenvalue weighted by Crippen LogP contribution is -1.84. The van der Waals surface area contributed by atoms with Crippen LogP contribution >= 0.6 is 34.2 Å². The summed E-state index contributed by atoms with van der Waals surface area (Å²) in [4.78, 5) is 4.40. The van der Waals surface area contributed by atoms with E-state index in [1.807, 2.05) is 66.9 Å². The molecule has 0 radical (unpaired) electrons. The first-order valence-electron chi connectivity index (χ1n) is 6.70. The molecule has 0 aliphatic carbocycles. The molecule has 0 saturated carbocycles. The van der Waals surface area contributed by atoms with Gasteiger partial charge in [-0.3, -0.25) is 0 Å². The average Bonchev–Trinajstić information content (AvgIpc) is 2.56. The normalized spacial score (nSPS) is 9.91. The maximum absolute atomic E-state index is 5.90. The molecule has 106 valence electrons. The van der Waals surface area contributed by atoms with Crippen molar-refractivity contribution in [2.45, 2.75) is 0 Å². The van der Waals surface area contributed by atoms with Crippen molar-refractivity contribution < 1.29 is 0 Å². The molecule has 3 aromatic rings. The van der Waals surface area contributed by atoms with Gasteiger partial charge in [0.1, 0.15) is 5.69 Å². The van der Waals surface area contributed by atoms with E-state index < -0.39 is 0 Å². The fourth-order valence-electron chi connectivity index (χ4n) is 1.95. The Labute approximate surface area is 148 Å². The van der Waals surface area contributed by atoms with Gasteiger partial charge in [-0.2, -0.15) is 0 Å². The monoisotopic (exact) mass is 415 g/mol. The summed E-state index contributed by atoms with van der Waals surface area (Å²) in [5.74, 6) is 6.21. The van der Waals surface area contributed by atoms with E-state index in [0.717, 1.165) is 27.4 Å². The van der Waals surface area contributed by atoms with Crippen LogP contribution in [0.25, 0.3) is 11.1 Å². The predicted octanol–water partition coefficient (Wildman–Crippen LogP) is 5.41. The summed E-state index contributed by atoms with van der Waals surface area (Å²) in [6, 6.07) is 19.8. The minimum absolute atomic E-state index is 0.733. The minimum Gasteiger partial charge on any atom is -0.247 e. The van der Waals surface area contributed by atoms with Crippen LogP contribution in [0.4, 0.5) is 0 Å². The first-order chi connectivity index (χ1) is 10.7. The second kappa shape index (κ2) is 6.95. The van der Waals surface area contributed by atoms with Gasteiger partial charge in [-0.25, -0.2) is 4.98 Å². The fraction of sp³-hybridized carbons (Fsp3) is 0. The van der Waals surface area contributed by atoms with Gasteiger partial charge < -0.3 is 0 Å². The van der Waals surface area contributed by atoms with Crippen LogP contribution in [-0.4, -0.2) is 4.98 Å².